The van der Waals surface area contributed by atoms with Crippen molar-refractivity contribution in [3.8, 4) is 11.5 Å². The Morgan fingerprint density at radius 2 is 1.94 bits per heavy atom. The maximum absolute atomic E-state index is 12.2. The van der Waals surface area contributed by atoms with Gasteiger partial charge in [-0.3, -0.25) is 0 Å². The fourth-order valence-electron chi connectivity index (χ4n) is 1.56. The average Bonchev–Trinajstić information content (AvgIpc) is 2.27. The molecule has 1 aromatic rings. The lowest BCUT2D eigenvalue weighted by molar-refractivity contribution is -0.138. The molecule has 0 aromatic heterocycles. The molecule has 3 nitrogen and oxygen atoms in total. The molecule has 0 bridgehead atoms. The zero-order chi connectivity index (χ0) is 13.8. The van der Waals surface area contributed by atoms with Crippen LogP contribution >= 0.6 is 0 Å². The first kappa shape index (κ1) is 14.6. The Kier molecular flexibility index (Phi) is 4.84. The maximum atomic E-state index is 12.2. The zero-order valence-corrected chi connectivity index (χ0v) is 10.3. The molecule has 1 atom stereocenters. The van der Waals surface area contributed by atoms with Gasteiger partial charge in [0.25, 0.3) is 0 Å². The van der Waals surface area contributed by atoms with Gasteiger partial charge in [-0.2, -0.15) is 13.2 Å². The van der Waals surface area contributed by atoms with Crippen LogP contribution in [0.5, 0.6) is 11.5 Å². The van der Waals surface area contributed by atoms with Crippen molar-refractivity contribution in [3.63, 3.8) is 0 Å². The summed E-state index contributed by atoms with van der Waals surface area (Å²) in [6.07, 6.45) is -5.35. The number of benzene rings is 1. The molecule has 0 saturated heterocycles. The van der Waals surface area contributed by atoms with Gasteiger partial charge < -0.3 is 15.2 Å². The van der Waals surface area contributed by atoms with E-state index in [1.54, 1.807) is 13.0 Å². The minimum absolute atomic E-state index is 0.372. The molecule has 0 spiro atoms. The Bertz CT molecular complexity index is 393. The molecule has 0 aliphatic rings. The number of rotatable bonds is 5. The summed E-state index contributed by atoms with van der Waals surface area (Å²) in [5.41, 5.74) is 5.89. The fourth-order valence-corrected chi connectivity index (χ4v) is 1.56. The Morgan fingerprint density at radius 1 is 1.28 bits per heavy atom. The first-order chi connectivity index (χ1) is 8.37. The highest BCUT2D eigenvalue weighted by molar-refractivity contribution is 5.43. The van der Waals surface area contributed by atoms with Gasteiger partial charge in [0.15, 0.2) is 11.5 Å². The normalized spacial score (nSPS) is 13.2. The van der Waals surface area contributed by atoms with Crippen LogP contribution < -0.4 is 15.2 Å². The Balaban J connectivity index is 2.93. The van der Waals surface area contributed by atoms with Crippen LogP contribution in [0.4, 0.5) is 13.2 Å². The van der Waals surface area contributed by atoms with Crippen molar-refractivity contribution in [2.24, 2.45) is 5.73 Å². The highest BCUT2D eigenvalue weighted by Crippen LogP contribution is 2.33. The van der Waals surface area contributed by atoms with Gasteiger partial charge >= 0.3 is 6.18 Å². The summed E-state index contributed by atoms with van der Waals surface area (Å²) >= 11 is 0. The van der Waals surface area contributed by atoms with Crippen molar-refractivity contribution in [3.05, 3.63) is 23.8 Å². The quantitative estimate of drug-likeness (QED) is 0.888. The van der Waals surface area contributed by atoms with Crippen LogP contribution in [0.3, 0.4) is 0 Å². The first-order valence-electron chi connectivity index (χ1n) is 5.50. The lowest BCUT2D eigenvalue weighted by Gasteiger charge is -2.17. The first-order valence-corrected chi connectivity index (χ1v) is 5.50. The third-order valence-electron chi connectivity index (χ3n) is 2.37. The molecule has 0 saturated carbocycles. The number of hydrogen-bond acceptors (Lipinski definition) is 3. The summed E-state index contributed by atoms with van der Waals surface area (Å²) in [6.45, 7) is 2.18. The Morgan fingerprint density at radius 3 is 2.44 bits per heavy atom. The second kappa shape index (κ2) is 5.95. The SMILES string of the molecule is CCOc1cc([C@@H](N)CC(F)(F)F)ccc1OC. The molecule has 1 aromatic carbocycles. The number of halogens is 3. The summed E-state index contributed by atoms with van der Waals surface area (Å²) in [5, 5.41) is 0. The van der Waals surface area contributed by atoms with Crippen LogP contribution in [-0.4, -0.2) is 19.9 Å². The lowest BCUT2D eigenvalue weighted by atomic mass is 10.0. The van der Waals surface area contributed by atoms with Gasteiger partial charge in [-0.1, -0.05) is 6.07 Å². The standard InChI is InChI=1S/C12H16F3NO2/c1-3-18-11-6-8(4-5-10(11)17-2)9(16)7-12(13,14)15/h4-6,9H,3,7,16H2,1-2H3/t9-/m0/s1. The number of nitrogens with two attached hydrogens (primary N) is 1. The predicted molar refractivity (Wildman–Crippen MR) is 61.8 cm³/mol. The molecule has 0 heterocycles. The average molecular weight is 263 g/mol. The van der Waals surface area contributed by atoms with E-state index in [1.807, 2.05) is 0 Å². The monoisotopic (exact) mass is 263 g/mol. The van der Waals surface area contributed by atoms with E-state index in [4.69, 9.17) is 15.2 Å². The topological polar surface area (TPSA) is 44.5 Å². The van der Waals surface area contributed by atoms with Crippen molar-refractivity contribution in [1.29, 1.82) is 0 Å². The van der Waals surface area contributed by atoms with Crippen LogP contribution in [0.25, 0.3) is 0 Å². The molecule has 2 N–H and O–H groups in total. The third-order valence-corrected chi connectivity index (χ3v) is 2.37. The Hall–Kier alpha value is -1.43. The van der Waals surface area contributed by atoms with E-state index < -0.39 is 18.6 Å². The fraction of sp³-hybridized carbons (Fsp3) is 0.500. The van der Waals surface area contributed by atoms with Gasteiger partial charge in [-0.25, -0.2) is 0 Å². The maximum Gasteiger partial charge on any atom is 0.390 e. The molecule has 0 unspecified atom stereocenters. The van der Waals surface area contributed by atoms with Crippen molar-refractivity contribution in [2.45, 2.75) is 25.6 Å². The minimum Gasteiger partial charge on any atom is -0.493 e. The van der Waals surface area contributed by atoms with Crippen molar-refractivity contribution in [1.82, 2.24) is 0 Å². The molecule has 0 amide bonds. The second-order valence-electron chi connectivity index (χ2n) is 3.77. The number of methoxy groups -OCH3 is 1. The Labute approximate surface area is 104 Å². The van der Waals surface area contributed by atoms with E-state index in [2.05, 4.69) is 0 Å². The van der Waals surface area contributed by atoms with E-state index in [-0.39, 0.29) is 0 Å². The zero-order valence-electron chi connectivity index (χ0n) is 10.3. The molecule has 1 rings (SSSR count). The van der Waals surface area contributed by atoms with Gasteiger partial charge in [0.2, 0.25) is 0 Å². The van der Waals surface area contributed by atoms with Crippen LogP contribution in [-0.2, 0) is 0 Å². The molecule has 0 fully saturated rings. The van der Waals surface area contributed by atoms with Crippen molar-refractivity contribution in [2.75, 3.05) is 13.7 Å². The van der Waals surface area contributed by atoms with E-state index in [1.165, 1.54) is 19.2 Å². The highest BCUT2D eigenvalue weighted by atomic mass is 19.4. The molecule has 6 heteroatoms. The van der Waals surface area contributed by atoms with Gasteiger partial charge in [-0.15, -0.1) is 0 Å². The van der Waals surface area contributed by atoms with E-state index >= 15 is 0 Å². The van der Waals surface area contributed by atoms with E-state index in [0.717, 1.165) is 0 Å². The molecular weight excluding hydrogens is 247 g/mol. The van der Waals surface area contributed by atoms with E-state index in [9.17, 15) is 13.2 Å². The molecule has 18 heavy (non-hydrogen) atoms. The largest absolute Gasteiger partial charge is 0.493 e. The van der Waals surface area contributed by atoms with Crippen LogP contribution in [0.2, 0.25) is 0 Å². The molecule has 0 radical (unpaired) electrons. The van der Waals surface area contributed by atoms with Crippen molar-refractivity contribution >= 4 is 0 Å². The van der Waals surface area contributed by atoms with Crippen molar-refractivity contribution < 1.29 is 22.6 Å². The van der Waals surface area contributed by atoms with Crippen LogP contribution in [0.15, 0.2) is 18.2 Å². The highest BCUT2D eigenvalue weighted by Gasteiger charge is 2.31. The molecule has 0 aliphatic carbocycles. The number of alkyl halides is 3. The third kappa shape index (κ3) is 4.10. The van der Waals surface area contributed by atoms with Gasteiger partial charge in [0.05, 0.1) is 20.1 Å². The number of hydrogen-bond donors (Lipinski definition) is 1. The minimum atomic E-state index is -4.29. The van der Waals surface area contributed by atoms with Crippen LogP contribution in [0, 0.1) is 0 Å². The summed E-state index contributed by atoms with van der Waals surface area (Å²) < 4.78 is 47.1. The van der Waals surface area contributed by atoms with E-state index in [0.29, 0.717) is 23.7 Å². The molecule has 0 aliphatic heterocycles. The van der Waals surface area contributed by atoms with Crippen LogP contribution in [0.1, 0.15) is 24.9 Å². The predicted octanol–water partition coefficient (Wildman–Crippen LogP) is 3.05. The summed E-state index contributed by atoms with van der Waals surface area (Å²) in [5.74, 6) is 0.870. The van der Waals surface area contributed by atoms with Gasteiger partial charge in [0, 0.05) is 6.04 Å². The number of ether oxygens (including phenoxy) is 2. The summed E-state index contributed by atoms with van der Waals surface area (Å²) in [4.78, 5) is 0. The molecule has 102 valence electrons. The lowest BCUT2D eigenvalue weighted by Crippen LogP contribution is -2.20. The molecular formula is C12H16F3NO2. The smallest absolute Gasteiger partial charge is 0.390 e. The summed E-state index contributed by atoms with van der Waals surface area (Å²) in [7, 11) is 1.47. The second-order valence-corrected chi connectivity index (χ2v) is 3.77. The summed E-state index contributed by atoms with van der Waals surface area (Å²) in [6, 6.07) is 3.45. The van der Waals surface area contributed by atoms with Gasteiger partial charge in [0.1, 0.15) is 0 Å². The van der Waals surface area contributed by atoms with Gasteiger partial charge in [-0.05, 0) is 24.6 Å².